The number of unbranched alkanes of at least 4 members (excludes halogenated alkanes) is 2. The van der Waals surface area contributed by atoms with E-state index < -0.39 is 6.09 Å². The molecule has 1 N–H and O–H groups in total. The van der Waals surface area contributed by atoms with Gasteiger partial charge in [0.2, 0.25) is 0 Å². The number of rotatable bonds is 7. The number of hydrogen-bond donors (Lipinski definition) is 1. The molecule has 0 aliphatic carbocycles. The van der Waals surface area contributed by atoms with Crippen molar-refractivity contribution in [3.63, 3.8) is 0 Å². The first-order chi connectivity index (χ1) is 10.7. The van der Waals surface area contributed by atoms with E-state index in [0.29, 0.717) is 5.69 Å². The molecule has 0 aliphatic rings. The molecule has 1 aromatic carbocycles. The zero-order valence-corrected chi connectivity index (χ0v) is 12.8. The van der Waals surface area contributed by atoms with Gasteiger partial charge in [-0.1, -0.05) is 24.9 Å². The van der Waals surface area contributed by atoms with Crippen LogP contribution in [0.3, 0.4) is 0 Å². The van der Waals surface area contributed by atoms with Crippen molar-refractivity contribution in [3.05, 3.63) is 30.3 Å². The Morgan fingerprint density at radius 1 is 1.27 bits per heavy atom. The fraction of sp³-hybridized carbons (Fsp3) is 0.375. The molecule has 0 atom stereocenters. The van der Waals surface area contributed by atoms with Crippen LogP contribution in [0.25, 0.3) is 11.3 Å². The third-order valence-electron chi connectivity index (χ3n) is 3.05. The molecule has 118 valence electrons. The second-order valence-corrected chi connectivity index (χ2v) is 4.75. The molecule has 2 aromatic rings. The Hall–Kier alpha value is -2.50. The van der Waals surface area contributed by atoms with Gasteiger partial charge in [0.25, 0.3) is 0 Å². The van der Waals surface area contributed by atoms with Crippen LogP contribution in [-0.2, 0) is 0 Å². The van der Waals surface area contributed by atoms with E-state index in [4.69, 9.17) is 14.0 Å². The van der Waals surface area contributed by atoms with E-state index in [9.17, 15) is 4.79 Å². The van der Waals surface area contributed by atoms with Crippen LogP contribution in [-0.4, -0.2) is 24.9 Å². The fourth-order valence-electron chi connectivity index (χ4n) is 1.85. The molecule has 0 saturated heterocycles. The standard InChI is InChI=1S/C16H20N2O4/c1-3-4-5-10-20-13-8-6-12(7-9-13)14-11-15(22-18-14)21-16(19)17-2/h6-9,11H,3-5,10H2,1-2H3,(H,17,19). The number of carbonyl (C=O) groups excluding carboxylic acids is 1. The maximum Gasteiger partial charge on any atom is 0.414 e. The summed E-state index contributed by atoms with van der Waals surface area (Å²) in [7, 11) is 1.47. The van der Waals surface area contributed by atoms with Gasteiger partial charge in [0.05, 0.1) is 12.7 Å². The van der Waals surface area contributed by atoms with Gasteiger partial charge >= 0.3 is 12.0 Å². The average molecular weight is 304 g/mol. The van der Waals surface area contributed by atoms with Crippen LogP contribution >= 0.6 is 0 Å². The highest BCUT2D eigenvalue weighted by Crippen LogP contribution is 2.25. The summed E-state index contributed by atoms with van der Waals surface area (Å²) in [5, 5.41) is 6.20. The Kier molecular flexibility index (Phi) is 5.82. The Bertz CT molecular complexity index is 592. The van der Waals surface area contributed by atoms with Crippen molar-refractivity contribution < 1.29 is 18.8 Å². The van der Waals surface area contributed by atoms with Gasteiger partial charge in [0.1, 0.15) is 11.4 Å². The molecular weight excluding hydrogens is 284 g/mol. The lowest BCUT2D eigenvalue weighted by molar-refractivity contribution is 0.183. The zero-order valence-electron chi connectivity index (χ0n) is 12.8. The van der Waals surface area contributed by atoms with Crippen LogP contribution in [0.5, 0.6) is 11.7 Å². The minimum atomic E-state index is -0.599. The smallest absolute Gasteiger partial charge is 0.414 e. The van der Waals surface area contributed by atoms with Crippen LogP contribution in [0.1, 0.15) is 26.2 Å². The van der Waals surface area contributed by atoms with Gasteiger partial charge in [-0.15, -0.1) is 0 Å². The Morgan fingerprint density at radius 2 is 2.05 bits per heavy atom. The van der Waals surface area contributed by atoms with Crippen LogP contribution in [0, 0.1) is 0 Å². The zero-order chi connectivity index (χ0) is 15.8. The number of nitrogens with zero attached hydrogens (tertiary/aromatic N) is 1. The van der Waals surface area contributed by atoms with E-state index in [-0.39, 0.29) is 5.95 Å². The minimum absolute atomic E-state index is 0.0502. The van der Waals surface area contributed by atoms with E-state index in [2.05, 4.69) is 17.4 Å². The van der Waals surface area contributed by atoms with Gasteiger partial charge in [-0.25, -0.2) is 4.79 Å². The second-order valence-electron chi connectivity index (χ2n) is 4.75. The summed E-state index contributed by atoms with van der Waals surface area (Å²) < 4.78 is 15.5. The molecule has 0 unspecified atom stereocenters. The summed E-state index contributed by atoms with van der Waals surface area (Å²) in [5.74, 6) is 0.874. The predicted octanol–water partition coefficient (Wildman–Crippen LogP) is 3.63. The number of hydrogen-bond acceptors (Lipinski definition) is 5. The van der Waals surface area contributed by atoms with E-state index in [1.807, 2.05) is 24.3 Å². The van der Waals surface area contributed by atoms with E-state index >= 15 is 0 Å². The lowest BCUT2D eigenvalue weighted by atomic mass is 10.1. The largest absolute Gasteiger partial charge is 0.494 e. The quantitative estimate of drug-likeness (QED) is 0.791. The number of aromatic nitrogens is 1. The lowest BCUT2D eigenvalue weighted by Gasteiger charge is -2.05. The third kappa shape index (κ3) is 4.51. The monoisotopic (exact) mass is 304 g/mol. The van der Waals surface area contributed by atoms with Gasteiger partial charge < -0.3 is 19.3 Å². The predicted molar refractivity (Wildman–Crippen MR) is 82.0 cm³/mol. The van der Waals surface area contributed by atoms with Crippen molar-refractivity contribution in [1.29, 1.82) is 0 Å². The number of ether oxygens (including phenoxy) is 2. The Balaban J connectivity index is 1.94. The van der Waals surface area contributed by atoms with Crippen LogP contribution < -0.4 is 14.8 Å². The summed E-state index contributed by atoms with van der Waals surface area (Å²) in [6.07, 6.45) is 2.81. The second kappa shape index (κ2) is 8.07. The molecule has 0 saturated carbocycles. The first-order valence-corrected chi connectivity index (χ1v) is 7.32. The maximum absolute atomic E-state index is 11.1. The third-order valence-corrected chi connectivity index (χ3v) is 3.05. The first-order valence-electron chi connectivity index (χ1n) is 7.32. The summed E-state index contributed by atoms with van der Waals surface area (Å²) in [5.41, 5.74) is 1.45. The summed E-state index contributed by atoms with van der Waals surface area (Å²) in [6.45, 7) is 2.89. The van der Waals surface area contributed by atoms with Gasteiger partial charge in [0.15, 0.2) is 0 Å². The average Bonchev–Trinajstić information content (AvgIpc) is 3.00. The van der Waals surface area contributed by atoms with E-state index in [1.165, 1.54) is 19.9 Å². The molecule has 6 nitrogen and oxygen atoms in total. The van der Waals surface area contributed by atoms with Gasteiger partial charge in [-0.3, -0.25) is 0 Å². The molecule has 0 fully saturated rings. The number of amides is 1. The molecule has 0 aliphatic heterocycles. The van der Waals surface area contributed by atoms with Crippen molar-refractivity contribution in [1.82, 2.24) is 10.5 Å². The van der Waals surface area contributed by atoms with Gasteiger partial charge in [-0.2, -0.15) is 0 Å². The molecule has 0 bridgehead atoms. The number of nitrogens with one attached hydrogen (secondary N) is 1. The molecule has 2 rings (SSSR count). The first kappa shape index (κ1) is 15.9. The molecule has 6 heteroatoms. The maximum atomic E-state index is 11.1. The highest BCUT2D eigenvalue weighted by molar-refractivity contribution is 5.70. The molecule has 0 radical (unpaired) electrons. The van der Waals surface area contributed by atoms with Crippen molar-refractivity contribution in [2.75, 3.05) is 13.7 Å². The highest BCUT2D eigenvalue weighted by Gasteiger charge is 2.10. The van der Waals surface area contributed by atoms with Crippen molar-refractivity contribution in [3.8, 4) is 23.0 Å². The summed E-state index contributed by atoms with van der Waals surface area (Å²) >= 11 is 0. The summed E-state index contributed by atoms with van der Waals surface area (Å²) in [6, 6.07) is 9.10. The molecule has 1 heterocycles. The van der Waals surface area contributed by atoms with Crippen LogP contribution in [0.4, 0.5) is 4.79 Å². The van der Waals surface area contributed by atoms with Gasteiger partial charge in [0, 0.05) is 12.6 Å². The molecular formula is C16H20N2O4. The lowest BCUT2D eigenvalue weighted by Crippen LogP contribution is -2.21. The van der Waals surface area contributed by atoms with Crippen molar-refractivity contribution >= 4 is 6.09 Å². The fourth-order valence-corrected chi connectivity index (χ4v) is 1.85. The molecule has 1 aromatic heterocycles. The van der Waals surface area contributed by atoms with E-state index in [1.54, 1.807) is 6.07 Å². The van der Waals surface area contributed by atoms with Gasteiger partial charge in [-0.05, 0) is 30.7 Å². The van der Waals surface area contributed by atoms with Crippen LogP contribution in [0.15, 0.2) is 34.9 Å². The number of carbonyl (C=O) groups is 1. The molecule has 1 amide bonds. The number of benzene rings is 1. The SMILES string of the molecule is CCCCCOc1ccc(-c2cc(OC(=O)NC)on2)cc1. The highest BCUT2D eigenvalue weighted by atomic mass is 16.7. The van der Waals surface area contributed by atoms with Crippen molar-refractivity contribution in [2.45, 2.75) is 26.2 Å². The van der Waals surface area contributed by atoms with E-state index in [0.717, 1.165) is 24.3 Å². The summed E-state index contributed by atoms with van der Waals surface area (Å²) in [4.78, 5) is 11.1. The van der Waals surface area contributed by atoms with Crippen LogP contribution in [0.2, 0.25) is 0 Å². The minimum Gasteiger partial charge on any atom is -0.494 e. The topological polar surface area (TPSA) is 73.6 Å². The Labute approximate surface area is 129 Å². The van der Waals surface area contributed by atoms with Crippen molar-refractivity contribution in [2.24, 2.45) is 0 Å². The Morgan fingerprint density at radius 3 is 2.73 bits per heavy atom. The normalized spacial score (nSPS) is 10.3. The molecule has 22 heavy (non-hydrogen) atoms. The molecule has 0 spiro atoms.